The molecule has 1 saturated carbocycles. The highest BCUT2D eigenvalue weighted by Crippen LogP contribution is 2.48. The van der Waals surface area contributed by atoms with Gasteiger partial charge in [0.2, 0.25) is 0 Å². The zero-order chi connectivity index (χ0) is 12.4. The molecule has 0 radical (unpaired) electrons. The van der Waals surface area contributed by atoms with E-state index in [1.165, 1.54) is 31.4 Å². The lowest BCUT2D eigenvalue weighted by atomic mass is 9.83. The molecule has 1 heteroatoms. The molecule has 0 heterocycles. The van der Waals surface area contributed by atoms with Crippen LogP contribution < -0.4 is 5.32 Å². The van der Waals surface area contributed by atoms with E-state index in [0.717, 1.165) is 11.8 Å². The molecule has 96 valence electrons. The SMILES string of the molecule is CCCCNC1C2C=CC(C2)C1c1ccccc1. The molecule has 3 rings (SSSR count). The van der Waals surface area contributed by atoms with Crippen molar-refractivity contribution in [3.8, 4) is 0 Å². The molecule has 2 aliphatic rings. The largest absolute Gasteiger partial charge is 0.313 e. The van der Waals surface area contributed by atoms with Crippen molar-refractivity contribution in [2.24, 2.45) is 11.8 Å². The Morgan fingerprint density at radius 2 is 1.89 bits per heavy atom. The van der Waals surface area contributed by atoms with E-state index in [-0.39, 0.29) is 0 Å². The molecule has 0 aliphatic heterocycles. The number of hydrogen-bond acceptors (Lipinski definition) is 1. The van der Waals surface area contributed by atoms with Crippen molar-refractivity contribution in [1.29, 1.82) is 0 Å². The Hall–Kier alpha value is -1.08. The van der Waals surface area contributed by atoms with Gasteiger partial charge in [-0.25, -0.2) is 0 Å². The van der Waals surface area contributed by atoms with Gasteiger partial charge in [0.05, 0.1) is 0 Å². The van der Waals surface area contributed by atoms with Gasteiger partial charge >= 0.3 is 0 Å². The van der Waals surface area contributed by atoms with Crippen LogP contribution in [0.15, 0.2) is 42.5 Å². The number of benzene rings is 1. The second kappa shape index (κ2) is 5.27. The Morgan fingerprint density at radius 1 is 1.11 bits per heavy atom. The molecule has 1 aromatic rings. The van der Waals surface area contributed by atoms with Gasteiger partial charge in [-0.2, -0.15) is 0 Å². The number of rotatable bonds is 5. The highest BCUT2D eigenvalue weighted by Gasteiger charge is 2.44. The summed E-state index contributed by atoms with van der Waals surface area (Å²) >= 11 is 0. The third-order valence-corrected chi connectivity index (χ3v) is 4.55. The first-order valence-corrected chi connectivity index (χ1v) is 7.37. The van der Waals surface area contributed by atoms with Crippen LogP contribution in [0.4, 0.5) is 0 Å². The standard InChI is InChI=1S/C17H23N/c1-2-3-11-18-17-15-10-9-14(12-15)16(17)13-7-5-4-6-8-13/h4-10,14-18H,2-3,11-12H2,1H3. The zero-order valence-electron chi connectivity index (χ0n) is 11.2. The highest BCUT2D eigenvalue weighted by molar-refractivity contribution is 5.31. The van der Waals surface area contributed by atoms with Gasteiger partial charge in [-0.05, 0) is 36.8 Å². The molecular formula is C17H23N. The van der Waals surface area contributed by atoms with E-state index in [4.69, 9.17) is 0 Å². The minimum atomic E-state index is 0.661. The Labute approximate surface area is 110 Å². The Kier molecular flexibility index (Phi) is 3.51. The van der Waals surface area contributed by atoms with E-state index in [0.29, 0.717) is 12.0 Å². The van der Waals surface area contributed by atoms with E-state index in [1.54, 1.807) is 0 Å². The first kappa shape index (κ1) is 12.0. The maximum atomic E-state index is 3.81. The average Bonchev–Trinajstić information content (AvgIpc) is 3.01. The minimum absolute atomic E-state index is 0.661. The van der Waals surface area contributed by atoms with Crippen molar-refractivity contribution < 1.29 is 0 Å². The minimum Gasteiger partial charge on any atom is -0.313 e. The fourth-order valence-corrected chi connectivity index (χ4v) is 3.68. The summed E-state index contributed by atoms with van der Waals surface area (Å²) in [5.41, 5.74) is 1.52. The molecule has 1 nitrogen and oxygen atoms in total. The lowest BCUT2D eigenvalue weighted by Crippen LogP contribution is -2.38. The van der Waals surface area contributed by atoms with Gasteiger partial charge in [0.15, 0.2) is 0 Å². The zero-order valence-corrected chi connectivity index (χ0v) is 11.2. The van der Waals surface area contributed by atoms with Crippen LogP contribution in [0, 0.1) is 11.8 Å². The second-order valence-electron chi connectivity index (χ2n) is 5.72. The third-order valence-electron chi connectivity index (χ3n) is 4.55. The molecule has 0 spiro atoms. The molecule has 2 bridgehead atoms. The van der Waals surface area contributed by atoms with Gasteiger partial charge < -0.3 is 5.32 Å². The second-order valence-corrected chi connectivity index (χ2v) is 5.72. The van der Waals surface area contributed by atoms with Crippen LogP contribution in [0.1, 0.15) is 37.7 Å². The van der Waals surface area contributed by atoms with Crippen LogP contribution in [0.25, 0.3) is 0 Å². The monoisotopic (exact) mass is 241 g/mol. The lowest BCUT2D eigenvalue weighted by Gasteiger charge is -2.29. The molecule has 1 N–H and O–H groups in total. The van der Waals surface area contributed by atoms with Gasteiger partial charge in [0, 0.05) is 12.0 Å². The van der Waals surface area contributed by atoms with E-state index in [2.05, 4.69) is 54.7 Å². The quantitative estimate of drug-likeness (QED) is 0.612. The summed E-state index contributed by atoms with van der Waals surface area (Å²) in [7, 11) is 0. The molecule has 0 saturated heterocycles. The lowest BCUT2D eigenvalue weighted by molar-refractivity contribution is 0.403. The molecule has 0 amide bonds. The number of fused-ring (bicyclic) bond motifs is 2. The van der Waals surface area contributed by atoms with Crippen molar-refractivity contribution in [3.05, 3.63) is 48.0 Å². The summed E-state index contributed by atoms with van der Waals surface area (Å²) in [5, 5.41) is 3.81. The summed E-state index contributed by atoms with van der Waals surface area (Å²) < 4.78 is 0. The molecule has 2 aliphatic carbocycles. The molecule has 18 heavy (non-hydrogen) atoms. The number of hydrogen-bond donors (Lipinski definition) is 1. The van der Waals surface area contributed by atoms with E-state index >= 15 is 0 Å². The van der Waals surface area contributed by atoms with Crippen LogP contribution >= 0.6 is 0 Å². The highest BCUT2D eigenvalue weighted by atomic mass is 14.9. The molecule has 1 aromatic carbocycles. The first-order chi connectivity index (χ1) is 8.90. The van der Waals surface area contributed by atoms with E-state index < -0.39 is 0 Å². The summed E-state index contributed by atoms with van der Waals surface area (Å²) in [6.45, 7) is 3.43. The van der Waals surface area contributed by atoms with Crippen LogP contribution in [-0.2, 0) is 0 Å². The maximum Gasteiger partial charge on any atom is 0.0204 e. The summed E-state index contributed by atoms with van der Waals surface area (Å²) in [5.74, 6) is 2.21. The van der Waals surface area contributed by atoms with E-state index in [9.17, 15) is 0 Å². The summed E-state index contributed by atoms with van der Waals surface area (Å²) in [6, 6.07) is 11.7. The number of allylic oxidation sites excluding steroid dienone is 1. The Morgan fingerprint density at radius 3 is 2.67 bits per heavy atom. The fourth-order valence-electron chi connectivity index (χ4n) is 3.68. The summed E-state index contributed by atoms with van der Waals surface area (Å²) in [4.78, 5) is 0. The van der Waals surface area contributed by atoms with Gasteiger partial charge in [-0.3, -0.25) is 0 Å². The van der Waals surface area contributed by atoms with Gasteiger partial charge in [0.25, 0.3) is 0 Å². The average molecular weight is 241 g/mol. The predicted molar refractivity (Wildman–Crippen MR) is 76.6 cm³/mol. The van der Waals surface area contributed by atoms with Crippen LogP contribution in [0.3, 0.4) is 0 Å². The first-order valence-electron chi connectivity index (χ1n) is 7.37. The smallest absolute Gasteiger partial charge is 0.0204 e. The van der Waals surface area contributed by atoms with Crippen LogP contribution in [0.5, 0.6) is 0 Å². The summed E-state index contributed by atoms with van der Waals surface area (Å²) in [6.07, 6.45) is 8.80. The molecule has 1 fully saturated rings. The van der Waals surface area contributed by atoms with Gasteiger partial charge in [-0.1, -0.05) is 55.8 Å². The van der Waals surface area contributed by atoms with Crippen molar-refractivity contribution in [2.45, 2.75) is 38.1 Å². The van der Waals surface area contributed by atoms with Gasteiger partial charge in [-0.15, -0.1) is 0 Å². The van der Waals surface area contributed by atoms with E-state index in [1.807, 2.05) is 0 Å². The molecule has 4 unspecified atom stereocenters. The Bertz CT molecular complexity index is 409. The molecule has 0 aromatic heterocycles. The maximum absolute atomic E-state index is 3.81. The molecule has 4 atom stereocenters. The fraction of sp³-hybridized carbons (Fsp3) is 0.529. The van der Waals surface area contributed by atoms with Crippen molar-refractivity contribution in [3.63, 3.8) is 0 Å². The predicted octanol–water partition coefficient (Wildman–Crippen LogP) is 3.73. The Balaban J connectivity index is 1.76. The number of nitrogens with one attached hydrogen (secondary N) is 1. The number of unbranched alkanes of at least 4 members (excludes halogenated alkanes) is 1. The van der Waals surface area contributed by atoms with Crippen molar-refractivity contribution in [1.82, 2.24) is 5.32 Å². The topological polar surface area (TPSA) is 12.0 Å². The third kappa shape index (κ3) is 2.12. The van der Waals surface area contributed by atoms with Crippen LogP contribution in [0.2, 0.25) is 0 Å². The van der Waals surface area contributed by atoms with Crippen molar-refractivity contribution in [2.75, 3.05) is 6.54 Å². The van der Waals surface area contributed by atoms with Crippen molar-refractivity contribution >= 4 is 0 Å². The normalized spacial score (nSPS) is 33.2. The van der Waals surface area contributed by atoms with Gasteiger partial charge in [0.1, 0.15) is 0 Å². The van der Waals surface area contributed by atoms with Crippen LogP contribution in [-0.4, -0.2) is 12.6 Å². The molecular weight excluding hydrogens is 218 g/mol.